The van der Waals surface area contributed by atoms with E-state index < -0.39 is 0 Å². The Kier molecular flexibility index (Phi) is 17.3. The fourth-order valence-electron chi connectivity index (χ4n) is 12.8. The Morgan fingerprint density at radius 2 is 0.667 bits per heavy atom. The van der Waals surface area contributed by atoms with Crippen molar-refractivity contribution in [1.29, 1.82) is 10.5 Å². The molecule has 0 N–H and O–H groups in total. The first-order valence-corrected chi connectivity index (χ1v) is 33.1. The van der Waals surface area contributed by atoms with E-state index >= 15 is 0 Å². The van der Waals surface area contributed by atoms with Gasteiger partial charge in [-0.25, -0.2) is 14.5 Å². The summed E-state index contributed by atoms with van der Waals surface area (Å²) in [5.41, 5.74) is 19.9. The van der Waals surface area contributed by atoms with Gasteiger partial charge in [-0.2, -0.15) is 10.5 Å². The SMILES string of the molecule is N#Cc1cc(-c2ccccn2)c2oc3ccccc3c2c1.N#Cc1cccc2c1oc1ccc(-c3ccccn3)cc12.[C-]#[N+]c1ccc2c(c1)oc1cc(-c3ccccn3)ccc12.[C-]#[N+]c1ccc2c(c1)oc1ccc(-c3ccccn3)cc12.[C-]#[N+]c1cccc2c1oc1cc(-c3ccccn3)ccc12. The topological polar surface area (TPSA) is 191 Å². The maximum absolute atomic E-state index is 9.28. The normalized spacial score (nSPS) is 10.8. The van der Waals surface area contributed by atoms with Crippen LogP contribution in [0.5, 0.6) is 0 Å². The van der Waals surface area contributed by atoms with E-state index in [1.54, 1.807) is 55.2 Å². The molecule has 0 spiro atoms. The van der Waals surface area contributed by atoms with Crippen LogP contribution in [0.25, 0.3) is 181 Å². The monoisotopic (exact) mass is 1350 g/mol. The minimum absolute atomic E-state index is 0.545. The third kappa shape index (κ3) is 12.8. The second kappa shape index (κ2) is 28.3. The lowest BCUT2D eigenvalue weighted by atomic mass is 10.0. The van der Waals surface area contributed by atoms with Crippen molar-refractivity contribution < 1.29 is 22.1 Å². The zero-order chi connectivity index (χ0) is 71.2. The number of pyridine rings is 5. The standard InChI is InChI=1S/5C18H10N2O/c1-19-16-7-4-5-14-13-9-8-12(11-17(13)21-18(14)16)15-6-2-3-10-20-15;1-19-13-6-7-14-15-10-12(16-4-2-3-9-20-16)5-8-17(15)21-18(14)11-13;1-19-13-6-8-15-14-7-5-12(16-4-2-3-9-20-16)10-17(14)21-18(15)11-13;19-11-13-4-3-5-14-15-10-12(16-6-1-2-9-20-16)7-8-17(15)21-18(13)14;19-11-12-9-14-13-5-1-2-7-17(13)21-18(14)15(10-12)16-6-3-4-8-20-16/h3*2-11H;2*1-10H. The van der Waals surface area contributed by atoms with Gasteiger partial charge in [0.15, 0.2) is 17.0 Å². The number of nitriles is 2. The van der Waals surface area contributed by atoms with Crippen LogP contribution >= 0.6 is 0 Å². The maximum Gasteiger partial charge on any atom is 0.229 e. The Bertz CT molecular complexity index is 6870. The highest BCUT2D eigenvalue weighted by atomic mass is 16.3. The summed E-state index contributed by atoms with van der Waals surface area (Å²) < 4.78 is 29.4. The fraction of sp³-hybridized carbons (Fsp3) is 0. The summed E-state index contributed by atoms with van der Waals surface area (Å²) in [5, 5.41) is 28.5. The summed E-state index contributed by atoms with van der Waals surface area (Å²) in [7, 11) is 0. The van der Waals surface area contributed by atoms with E-state index in [1.165, 1.54) is 0 Å². The minimum atomic E-state index is 0.545. The number of benzene rings is 10. The number of nitrogens with zero attached hydrogens (tertiary/aromatic N) is 10. The van der Waals surface area contributed by atoms with Gasteiger partial charge in [-0.1, -0.05) is 115 Å². The summed E-state index contributed by atoms with van der Waals surface area (Å²) in [6.07, 6.45) is 8.86. The van der Waals surface area contributed by atoms with Gasteiger partial charge < -0.3 is 22.1 Å². The molecular formula is C90H50N10O5. The molecule has 0 atom stereocenters. The molecular weight excluding hydrogens is 1300 g/mol. The Morgan fingerprint density at radius 3 is 1.20 bits per heavy atom. The Balaban J connectivity index is 0.000000101. The summed E-state index contributed by atoms with van der Waals surface area (Å²) in [5.74, 6) is 0. The molecule has 0 aliphatic heterocycles. The first-order valence-electron chi connectivity index (χ1n) is 33.1. The average molecular weight is 1350 g/mol. The molecule has 0 radical (unpaired) electrons. The molecule has 0 aliphatic rings. The van der Waals surface area contributed by atoms with Crippen LogP contribution in [0.4, 0.5) is 17.1 Å². The third-order valence-electron chi connectivity index (χ3n) is 17.8. The van der Waals surface area contributed by atoms with Crippen LogP contribution < -0.4 is 0 Å². The lowest BCUT2D eigenvalue weighted by Crippen LogP contribution is -1.85. The molecule has 0 unspecified atom stereocenters. The van der Waals surface area contributed by atoms with Gasteiger partial charge >= 0.3 is 0 Å². The predicted molar refractivity (Wildman–Crippen MR) is 413 cm³/mol. The summed E-state index contributed by atoms with van der Waals surface area (Å²) in [6.45, 7) is 21.4. The van der Waals surface area contributed by atoms with Crippen LogP contribution in [0.2, 0.25) is 0 Å². The molecule has 490 valence electrons. The highest BCUT2D eigenvalue weighted by Gasteiger charge is 2.18. The predicted octanol–water partition coefficient (Wildman–Crippen LogP) is 24.6. The molecule has 15 nitrogen and oxygen atoms in total. The van der Waals surface area contributed by atoms with Crippen LogP contribution in [-0.4, -0.2) is 24.9 Å². The molecule has 20 aromatic rings. The van der Waals surface area contributed by atoms with E-state index in [9.17, 15) is 10.5 Å². The largest absolute Gasteiger partial charge is 0.467 e. The smallest absolute Gasteiger partial charge is 0.229 e. The first kappa shape index (κ1) is 64.1. The van der Waals surface area contributed by atoms with Gasteiger partial charge in [-0.3, -0.25) is 24.9 Å². The van der Waals surface area contributed by atoms with Crippen molar-refractivity contribution >= 4 is 127 Å². The van der Waals surface area contributed by atoms with Gasteiger partial charge in [0.05, 0.1) is 65.4 Å². The van der Waals surface area contributed by atoms with Crippen molar-refractivity contribution in [2.24, 2.45) is 0 Å². The highest BCUT2D eigenvalue weighted by Crippen LogP contribution is 2.41. The van der Waals surface area contributed by atoms with Crippen molar-refractivity contribution in [3.63, 3.8) is 0 Å². The van der Waals surface area contributed by atoms with Gasteiger partial charge in [0.25, 0.3) is 0 Å². The van der Waals surface area contributed by atoms with Gasteiger partial charge in [0.1, 0.15) is 56.3 Å². The summed E-state index contributed by atoms with van der Waals surface area (Å²) >= 11 is 0. The second-order valence-electron chi connectivity index (χ2n) is 24.1. The third-order valence-corrected chi connectivity index (χ3v) is 17.8. The lowest BCUT2D eigenvalue weighted by Gasteiger charge is -2.02. The number of hydrogen-bond donors (Lipinski definition) is 0. The van der Waals surface area contributed by atoms with Crippen molar-refractivity contribution in [2.45, 2.75) is 0 Å². The molecule has 0 fully saturated rings. The molecule has 0 aliphatic carbocycles. The van der Waals surface area contributed by atoms with E-state index in [2.05, 4.69) is 63.7 Å². The van der Waals surface area contributed by atoms with Crippen molar-refractivity contribution in [2.75, 3.05) is 0 Å². The molecule has 0 saturated carbocycles. The number of fused-ring (bicyclic) bond motifs is 15. The van der Waals surface area contributed by atoms with Gasteiger partial charge in [0.2, 0.25) is 5.69 Å². The van der Waals surface area contributed by atoms with Crippen LogP contribution in [-0.2, 0) is 0 Å². The molecule has 10 aromatic heterocycles. The van der Waals surface area contributed by atoms with Crippen molar-refractivity contribution in [3.8, 4) is 68.4 Å². The zero-order valence-corrected chi connectivity index (χ0v) is 55.4. The van der Waals surface area contributed by atoms with E-state index in [4.69, 9.17) is 41.8 Å². The Morgan fingerprint density at radius 1 is 0.267 bits per heavy atom. The summed E-state index contributed by atoms with van der Waals surface area (Å²) in [6, 6.07) is 91.5. The fourth-order valence-corrected chi connectivity index (χ4v) is 12.8. The minimum Gasteiger partial charge on any atom is -0.467 e. The number of aromatic nitrogens is 5. The van der Waals surface area contributed by atoms with Crippen LogP contribution in [0.1, 0.15) is 11.1 Å². The quantitative estimate of drug-likeness (QED) is 0.148. The lowest BCUT2D eigenvalue weighted by molar-refractivity contribution is 0.667. The van der Waals surface area contributed by atoms with Crippen LogP contribution in [0.15, 0.2) is 326 Å². The van der Waals surface area contributed by atoms with Crippen LogP contribution in [0, 0.1) is 42.4 Å². The van der Waals surface area contributed by atoms with E-state index in [-0.39, 0.29) is 0 Å². The number of furan rings is 5. The van der Waals surface area contributed by atoms with Crippen molar-refractivity contribution in [1.82, 2.24) is 24.9 Å². The van der Waals surface area contributed by atoms with Gasteiger partial charge in [0, 0.05) is 113 Å². The Labute approximate surface area is 598 Å². The average Bonchev–Trinajstić information content (AvgIpc) is 1.65. The second-order valence-corrected chi connectivity index (χ2v) is 24.1. The molecule has 0 amide bonds. The maximum atomic E-state index is 9.28. The van der Waals surface area contributed by atoms with E-state index in [0.29, 0.717) is 39.4 Å². The molecule has 105 heavy (non-hydrogen) atoms. The first-order chi connectivity index (χ1) is 51.8. The summed E-state index contributed by atoms with van der Waals surface area (Å²) in [4.78, 5) is 32.2. The number of rotatable bonds is 5. The number of para-hydroxylation sites is 3. The molecule has 0 saturated heterocycles. The van der Waals surface area contributed by atoms with Crippen molar-refractivity contribution in [3.05, 3.63) is 349 Å². The Hall–Kier alpha value is -15.6. The van der Waals surface area contributed by atoms with Gasteiger partial charge in [-0.05, 0) is 158 Å². The van der Waals surface area contributed by atoms with Gasteiger partial charge in [-0.15, -0.1) is 0 Å². The highest BCUT2D eigenvalue weighted by molar-refractivity contribution is 6.12. The molecule has 10 heterocycles. The van der Waals surface area contributed by atoms with E-state index in [0.717, 1.165) is 155 Å². The molecule has 0 bridgehead atoms. The van der Waals surface area contributed by atoms with Crippen LogP contribution in [0.3, 0.4) is 0 Å². The molecule has 20 rings (SSSR count). The number of hydrogen-bond acceptors (Lipinski definition) is 12. The molecule has 10 aromatic carbocycles. The zero-order valence-electron chi connectivity index (χ0n) is 55.4. The molecule has 15 heteroatoms. The van der Waals surface area contributed by atoms with E-state index in [1.807, 2.05) is 237 Å².